The van der Waals surface area contributed by atoms with Crippen LogP contribution < -0.4 is 0 Å². The number of piperidine rings is 1. The Hall–Kier alpha value is -0.990. The molecule has 0 saturated carbocycles. The van der Waals surface area contributed by atoms with Gasteiger partial charge in [0.05, 0.1) is 0 Å². The molecule has 0 aromatic heterocycles. The number of hydrogen-bond acceptors (Lipinski definition) is 1. The predicted octanol–water partition coefficient (Wildman–Crippen LogP) is 1.85. The van der Waals surface area contributed by atoms with Crippen molar-refractivity contribution in [3.05, 3.63) is 12.2 Å². The average molecular weight is 194 g/mol. The Balaban J connectivity index is 1.89. The van der Waals surface area contributed by atoms with Crippen LogP contribution in [0, 0.1) is 0 Å². The van der Waals surface area contributed by atoms with Gasteiger partial charge in [0.1, 0.15) is 0 Å². The highest BCUT2D eigenvalue weighted by Crippen LogP contribution is 2.12. The van der Waals surface area contributed by atoms with Gasteiger partial charge in [-0.2, -0.15) is 0 Å². The number of urea groups is 1. The minimum Gasteiger partial charge on any atom is -0.325 e. The fraction of sp³-hybridized carbons (Fsp3) is 0.727. The van der Waals surface area contributed by atoms with Crippen molar-refractivity contribution in [1.82, 2.24) is 9.80 Å². The molecule has 0 N–H and O–H groups in total. The minimum absolute atomic E-state index is 0.244. The molecule has 2 aliphatic heterocycles. The van der Waals surface area contributed by atoms with Crippen molar-refractivity contribution in [2.45, 2.75) is 25.7 Å². The van der Waals surface area contributed by atoms with Crippen LogP contribution in [0.1, 0.15) is 25.7 Å². The Morgan fingerprint density at radius 2 is 1.71 bits per heavy atom. The standard InChI is InChI=1S/C11H18N2O/c14-11(12-7-3-1-4-8-12)13-9-5-2-6-10-13/h1,3H,2,4-10H2. The zero-order chi connectivity index (χ0) is 9.80. The molecule has 0 unspecified atom stereocenters. The van der Waals surface area contributed by atoms with Crippen molar-refractivity contribution in [3.8, 4) is 0 Å². The van der Waals surface area contributed by atoms with Crippen LogP contribution in [0.25, 0.3) is 0 Å². The zero-order valence-corrected chi connectivity index (χ0v) is 8.61. The van der Waals surface area contributed by atoms with E-state index >= 15 is 0 Å². The smallest absolute Gasteiger partial charge is 0.320 e. The van der Waals surface area contributed by atoms with Gasteiger partial charge in [0.2, 0.25) is 0 Å². The van der Waals surface area contributed by atoms with E-state index in [0.717, 1.165) is 32.6 Å². The first kappa shape index (κ1) is 9.56. The number of amides is 2. The highest BCUT2D eigenvalue weighted by Gasteiger charge is 2.21. The van der Waals surface area contributed by atoms with Crippen LogP contribution in [0.15, 0.2) is 12.2 Å². The zero-order valence-electron chi connectivity index (χ0n) is 8.61. The van der Waals surface area contributed by atoms with Gasteiger partial charge in [-0.25, -0.2) is 4.79 Å². The number of hydrogen-bond donors (Lipinski definition) is 0. The molecule has 3 nitrogen and oxygen atoms in total. The van der Waals surface area contributed by atoms with Gasteiger partial charge in [-0.15, -0.1) is 0 Å². The average Bonchev–Trinajstić information content (AvgIpc) is 2.30. The number of likely N-dealkylation sites (tertiary alicyclic amines) is 1. The van der Waals surface area contributed by atoms with Crippen molar-refractivity contribution in [1.29, 1.82) is 0 Å². The van der Waals surface area contributed by atoms with Crippen LogP contribution in [0.5, 0.6) is 0 Å². The third-order valence-corrected chi connectivity index (χ3v) is 2.96. The second-order valence-electron chi connectivity index (χ2n) is 4.04. The summed E-state index contributed by atoms with van der Waals surface area (Å²) in [5.74, 6) is 0. The Bertz CT molecular complexity index is 231. The van der Waals surface area contributed by atoms with Crippen LogP contribution in [0.2, 0.25) is 0 Å². The predicted molar refractivity (Wildman–Crippen MR) is 56.2 cm³/mol. The molecule has 1 fully saturated rings. The first-order valence-corrected chi connectivity index (χ1v) is 5.57. The van der Waals surface area contributed by atoms with Gasteiger partial charge in [-0.05, 0) is 25.7 Å². The van der Waals surface area contributed by atoms with E-state index in [1.54, 1.807) is 0 Å². The van der Waals surface area contributed by atoms with E-state index in [1.807, 2.05) is 9.80 Å². The molecule has 3 heteroatoms. The van der Waals surface area contributed by atoms with Crippen LogP contribution >= 0.6 is 0 Å². The van der Waals surface area contributed by atoms with E-state index in [9.17, 15) is 4.79 Å². The lowest BCUT2D eigenvalue weighted by Gasteiger charge is -2.33. The van der Waals surface area contributed by atoms with E-state index in [2.05, 4.69) is 12.2 Å². The van der Waals surface area contributed by atoms with E-state index < -0.39 is 0 Å². The minimum atomic E-state index is 0.244. The molecule has 2 amide bonds. The number of carbonyl (C=O) groups excluding carboxylic acids is 1. The van der Waals surface area contributed by atoms with Crippen LogP contribution in [0.3, 0.4) is 0 Å². The Kier molecular flexibility index (Phi) is 3.07. The summed E-state index contributed by atoms with van der Waals surface area (Å²) in [6.07, 6.45) is 8.89. The van der Waals surface area contributed by atoms with Gasteiger partial charge in [0.15, 0.2) is 0 Å². The van der Waals surface area contributed by atoms with Crippen LogP contribution in [-0.2, 0) is 0 Å². The number of carbonyl (C=O) groups is 1. The Labute approximate surface area is 85.4 Å². The van der Waals surface area contributed by atoms with Gasteiger partial charge in [-0.1, -0.05) is 12.2 Å². The molecule has 0 spiro atoms. The summed E-state index contributed by atoms with van der Waals surface area (Å²) < 4.78 is 0. The maximum absolute atomic E-state index is 12.0. The van der Waals surface area contributed by atoms with E-state index in [4.69, 9.17) is 0 Å². The largest absolute Gasteiger partial charge is 0.325 e. The Morgan fingerprint density at radius 3 is 2.36 bits per heavy atom. The molecule has 2 heterocycles. The van der Waals surface area contributed by atoms with Gasteiger partial charge in [0.25, 0.3) is 0 Å². The molecule has 2 aliphatic rings. The molecule has 14 heavy (non-hydrogen) atoms. The van der Waals surface area contributed by atoms with Crippen molar-refractivity contribution < 1.29 is 4.79 Å². The normalized spacial score (nSPS) is 22.6. The van der Waals surface area contributed by atoms with Crippen LogP contribution in [0.4, 0.5) is 4.79 Å². The summed E-state index contributed by atoms with van der Waals surface area (Å²) in [5.41, 5.74) is 0. The lowest BCUT2D eigenvalue weighted by atomic mass is 10.1. The molecule has 0 radical (unpaired) electrons. The quantitative estimate of drug-likeness (QED) is 0.540. The van der Waals surface area contributed by atoms with E-state index in [1.165, 1.54) is 19.3 Å². The lowest BCUT2D eigenvalue weighted by Crippen LogP contribution is -2.46. The SMILES string of the molecule is O=C(N1CC=CCC1)N1CCCCC1. The first-order chi connectivity index (χ1) is 6.88. The summed E-state index contributed by atoms with van der Waals surface area (Å²) in [4.78, 5) is 15.9. The first-order valence-electron chi connectivity index (χ1n) is 5.57. The maximum atomic E-state index is 12.0. The summed E-state index contributed by atoms with van der Waals surface area (Å²) in [6.45, 7) is 3.61. The van der Waals surface area contributed by atoms with E-state index in [-0.39, 0.29) is 6.03 Å². The number of rotatable bonds is 0. The topological polar surface area (TPSA) is 23.6 Å². The van der Waals surface area contributed by atoms with E-state index in [0.29, 0.717) is 0 Å². The van der Waals surface area contributed by atoms with Gasteiger partial charge in [0, 0.05) is 26.2 Å². The Morgan fingerprint density at radius 1 is 0.929 bits per heavy atom. The molecular formula is C11H18N2O. The third-order valence-electron chi connectivity index (χ3n) is 2.96. The summed E-state index contributed by atoms with van der Waals surface area (Å²) in [5, 5.41) is 0. The molecule has 2 rings (SSSR count). The molecule has 78 valence electrons. The van der Waals surface area contributed by atoms with Gasteiger partial charge < -0.3 is 9.80 Å². The second-order valence-corrected chi connectivity index (χ2v) is 4.04. The van der Waals surface area contributed by atoms with Crippen LogP contribution in [-0.4, -0.2) is 42.0 Å². The monoisotopic (exact) mass is 194 g/mol. The van der Waals surface area contributed by atoms with Crippen molar-refractivity contribution in [3.63, 3.8) is 0 Å². The third kappa shape index (κ3) is 2.08. The fourth-order valence-electron chi connectivity index (χ4n) is 2.10. The molecule has 0 bridgehead atoms. The molecule has 0 aliphatic carbocycles. The molecule has 0 aromatic rings. The lowest BCUT2D eigenvalue weighted by molar-refractivity contribution is 0.147. The molecule has 1 saturated heterocycles. The van der Waals surface area contributed by atoms with Gasteiger partial charge >= 0.3 is 6.03 Å². The van der Waals surface area contributed by atoms with Crippen molar-refractivity contribution in [2.24, 2.45) is 0 Å². The number of nitrogens with zero attached hydrogens (tertiary/aromatic N) is 2. The second kappa shape index (κ2) is 4.49. The summed E-state index contributed by atoms with van der Waals surface area (Å²) in [6, 6.07) is 0.244. The molecule has 0 aromatic carbocycles. The summed E-state index contributed by atoms with van der Waals surface area (Å²) in [7, 11) is 0. The molecular weight excluding hydrogens is 176 g/mol. The maximum Gasteiger partial charge on any atom is 0.320 e. The highest BCUT2D eigenvalue weighted by molar-refractivity contribution is 5.74. The molecule has 0 atom stereocenters. The van der Waals surface area contributed by atoms with Crippen molar-refractivity contribution >= 4 is 6.03 Å². The fourth-order valence-corrected chi connectivity index (χ4v) is 2.10. The summed E-state index contributed by atoms with van der Waals surface area (Å²) >= 11 is 0. The van der Waals surface area contributed by atoms with Crippen molar-refractivity contribution in [2.75, 3.05) is 26.2 Å². The highest BCUT2D eigenvalue weighted by atomic mass is 16.2. The van der Waals surface area contributed by atoms with Gasteiger partial charge in [-0.3, -0.25) is 0 Å².